The summed E-state index contributed by atoms with van der Waals surface area (Å²) in [6, 6.07) is 14.3. The van der Waals surface area contributed by atoms with E-state index in [9.17, 15) is 4.79 Å². The summed E-state index contributed by atoms with van der Waals surface area (Å²) in [6.07, 6.45) is 2.41. The second-order valence-electron chi connectivity index (χ2n) is 6.45. The Hall–Kier alpha value is -3.85. The molecule has 3 rings (SSSR count). The Morgan fingerprint density at radius 2 is 1.87 bits per heavy atom. The van der Waals surface area contributed by atoms with E-state index in [1.54, 1.807) is 31.5 Å². The largest absolute Gasteiger partial charge is 0.495 e. The van der Waals surface area contributed by atoms with Gasteiger partial charge < -0.3 is 32.2 Å². The summed E-state index contributed by atoms with van der Waals surface area (Å²) in [4.78, 5) is 20.6. The van der Waals surface area contributed by atoms with Crippen LogP contribution < -0.4 is 32.2 Å². The fourth-order valence-corrected chi connectivity index (χ4v) is 2.72. The smallest absolute Gasteiger partial charge is 0.319 e. The summed E-state index contributed by atoms with van der Waals surface area (Å²) in [5.74, 6) is 1.06. The minimum Gasteiger partial charge on any atom is -0.495 e. The maximum atomic E-state index is 11.8. The number of ether oxygens (including phenoxy) is 1. The molecule has 0 saturated carbocycles. The van der Waals surface area contributed by atoms with Crippen LogP contribution in [0.2, 0.25) is 0 Å². The number of benzene rings is 2. The molecular formula is C21H25N7O2. The minimum atomic E-state index is -0.265. The van der Waals surface area contributed by atoms with Crippen molar-refractivity contribution < 1.29 is 9.53 Å². The average Bonchev–Trinajstić information content (AvgIpc) is 2.75. The van der Waals surface area contributed by atoms with Gasteiger partial charge in [-0.1, -0.05) is 0 Å². The summed E-state index contributed by atoms with van der Waals surface area (Å²) < 4.78 is 5.19. The van der Waals surface area contributed by atoms with Gasteiger partial charge in [-0.05, 0) is 61.5 Å². The molecule has 0 bridgehead atoms. The van der Waals surface area contributed by atoms with Crippen LogP contribution in [0.15, 0.2) is 54.7 Å². The van der Waals surface area contributed by atoms with Gasteiger partial charge in [0, 0.05) is 29.7 Å². The van der Waals surface area contributed by atoms with Gasteiger partial charge in [0.15, 0.2) is 0 Å². The molecule has 7 N–H and O–H groups in total. The molecule has 2 amide bonds. The van der Waals surface area contributed by atoms with E-state index in [0.717, 1.165) is 23.4 Å². The fraction of sp³-hybridized carbons (Fsp3) is 0.190. The van der Waals surface area contributed by atoms with Crippen molar-refractivity contribution in [3.63, 3.8) is 0 Å². The summed E-state index contributed by atoms with van der Waals surface area (Å²) in [5.41, 5.74) is 15.0. The van der Waals surface area contributed by atoms with E-state index in [-0.39, 0.29) is 6.03 Å². The molecule has 1 aromatic heterocycles. The highest BCUT2D eigenvalue weighted by molar-refractivity contribution is 5.89. The van der Waals surface area contributed by atoms with Gasteiger partial charge in [0.1, 0.15) is 5.75 Å². The Morgan fingerprint density at radius 1 is 1.10 bits per heavy atom. The van der Waals surface area contributed by atoms with Crippen molar-refractivity contribution >= 4 is 29.0 Å². The fourth-order valence-electron chi connectivity index (χ4n) is 2.72. The first-order valence-corrected chi connectivity index (χ1v) is 9.48. The maximum absolute atomic E-state index is 11.8. The Morgan fingerprint density at radius 3 is 2.57 bits per heavy atom. The first-order chi connectivity index (χ1) is 14.6. The molecule has 3 aromatic rings. The number of nitrogens with one attached hydrogen (secondary N) is 3. The molecule has 1 heterocycles. The molecule has 9 nitrogen and oxygen atoms in total. The van der Waals surface area contributed by atoms with Gasteiger partial charge in [0.2, 0.25) is 5.95 Å². The Balaban J connectivity index is 1.65. The number of rotatable bonds is 8. The van der Waals surface area contributed by atoms with E-state index < -0.39 is 0 Å². The molecule has 0 radical (unpaired) electrons. The van der Waals surface area contributed by atoms with Crippen molar-refractivity contribution in [1.29, 1.82) is 0 Å². The van der Waals surface area contributed by atoms with Crippen LogP contribution >= 0.6 is 0 Å². The lowest BCUT2D eigenvalue weighted by atomic mass is 10.1. The lowest BCUT2D eigenvalue weighted by molar-refractivity contribution is 0.252. The number of amides is 2. The van der Waals surface area contributed by atoms with E-state index >= 15 is 0 Å². The molecule has 2 aromatic carbocycles. The quantitative estimate of drug-likeness (QED) is 0.286. The normalized spacial score (nSPS) is 10.3. The average molecular weight is 407 g/mol. The monoisotopic (exact) mass is 407 g/mol. The second-order valence-corrected chi connectivity index (χ2v) is 6.45. The molecule has 156 valence electrons. The third kappa shape index (κ3) is 5.58. The zero-order chi connectivity index (χ0) is 21.3. The van der Waals surface area contributed by atoms with Crippen molar-refractivity contribution in [2.75, 3.05) is 36.6 Å². The van der Waals surface area contributed by atoms with E-state index in [0.29, 0.717) is 36.2 Å². The highest BCUT2D eigenvalue weighted by Gasteiger charge is 2.07. The number of methoxy groups -OCH3 is 1. The molecule has 0 atom stereocenters. The van der Waals surface area contributed by atoms with E-state index in [1.807, 2.05) is 30.3 Å². The summed E-state index contributed by atoms with van der Waals surface area (Å²) in [7, 11) is 1.58. The predicted octanol–water partition coefficient (Wildman–Crippen LogP) is 2.95. The number of nitrogens with two attached hydrogens (primary N) is 2. The third-order valence-electron chi connectivity index (χ3n) is 4.25. The molecule has 0 fully saturated rings. The number of anilines is 4. The van der Waals surface area contributed by atoms with E-state index in [4.69, 9.17) is 16.2 Å². The zero-order valence-corrected chi connectivity index (χ0v) is 16.7. The van der Waals surface area contributed by atoms with Crippen LogP contribution in [-0.2, 0) is 0 Å². The van der Waals surface area contributed by atoms with Crippen molar-refractivity contribution in [1.82, 2.24) is 15.3 Å². The van der Waals surface area contributed by atoms with Crippen molar-refractivity contribution in [2.45, 2.75) is 6.42 Å². The summed E-state index contributed by atoms with van der Waals surface area (Å²) >= 11 is 0. The zero-order valence-electron chi connectivity index (χ0n) is 16.7. The number of hydrogen-bond donors (Lipinski definition) is 5. The van der Waals surface area contributed by atoms with Gasteiger partial charge in [-0.25, -0.2) is 14.8 Å². The number of hydrogen-bond acceptors (Lipinski definition) is 7. The molecule has 30 heavy (non-hydrogen) atoms. The van der Waals surface area contributed by atoms with E-state index in [1.165, 1.54) is 0 Å². The number of aromatic nitrogens is 2. The Bertz CT molecular complexity index is 993. The molecule has 9 heteroatoms. The van der Waals surface area contributed by atoms with Gasteiger partial charge in [0.05, 0.1) is 18.5 Å². The topological polar surface area (TPSA) is 140 Å². The highest BCUT2D eigenvalue weighted by Crippen LogP contribution is 2.28. The first kappa shape index (κ1) is 20.9. The van der Waals surface area contributed by atoms with Crippen LogP contribution in [0.3, 0.4) is 0 Å². The minimum absolute atomic E-state index is 0.265. The van der Waals surface area contributed by atoms with Gasteiger partial charge in [-0.3, -0.25) is 0 Å². The second kappa shape index (κ2) is 10.1. The lowest BCUT2D eigenvalue weighted by Gasteiger charge is -2.10. The van der Waals surface area contributed by atoms with E-state index in [2.05, 4.69) is 25.9 Å². The summed E-state index contributed by atoms with van der Waals surface area (Å²) in [6.45, 7) is 1.07. The molecule has 0 aliphatic rings. The standard InChI is InChI=1S/C21H25N7O2/c1-30-19-8-3-14(13-17(19)23)18-9-12-24-20(28-18)26-15-4-6-16(7-5-15)27-21(29)25-11-2-10-22/h3-9,12-13H,2,10-11,22-23H2,1H3,(H,24,26,28)(H2,25,27,29). The first-order valence-electron chi connectivity index (χ1n) is 9.48. The lowest BCUT2D eigenvalue weighted by Crippen LogP contribution is -2.30. The molecule has 0 spiro atoms. The third-order valence-corrected chi connectivity index (χ3v) is 4.25. The number of nitrogens with zero attached hydrogens (tertiary/aromatic N) is 2. The van der Waals surface area contributed by atoms with Crippen molar-refractivity contribution in [2.24, 2.45) is 5.73 Å². The van der Waals surface area contributed by atoms with Gasteiger partial charge in [-0.15, -0.1) is 0 Å². The van der Waals surface area contributed by atoms with Crippen LogP contribution in [0, 0.1) is 0 Å². The molecular weight excluding hydrogens is 382 g/mol. The van der Waals surface area contributed by atoms with Crippen LogP contribution in [0.25, 0.3) is 11.3 Å². The van der Waals surface area contributed by atoms with Crippen LogP contribution in [-0.4, -0.2) is 36.2 Å². The van der Waals surface area contributed by atoms with Gasteiger partial charge in [0.25, 0.3) is 0 Å². The SMILES string of the molecule is COc1ccc(-c2ccnc(Nc3ccc(NC(=O)NCCCN)cc3)n2)cc1N. The molecule has 0 unspecified atom stereocenters. The predicted molar refractivity (Wildman–Crippen MR) is 119 cm³/mol. The molecule has 0 aliphatic carbocycles. The Labute approximate surface area is 174 Å². The van der Waals surface area contributed by atoms with Gasteiger partial charge in [-0.2, -0.15) is 0 Å². The highest BCUT2D eigenvalue weighted by atomic mass is 16.5. The molecule has 0 saturated heterocycles. The number of carbonyl (C=O) groups excluding carboxylic acids is 1. The molecule has 0 aliphatic heterocycles. The number of nitrogen functional groups attached to an aromatic ring is 1. The van der Waals surface area contributed by atoms with Crippen LogP contribution in [0.5, 0.6) is 5.75 Å². The van der Waals surface area contributed by atoms with Crippen molar-refractivity contribution in [3.05, 3.63) is 54.7 Å². The number of carbonyl (C=O) groups is 1. The van der Waals surface area contributed by atoms with Crippen LogP contribution in [0.1, 0.15) is 6.42 Å². The number of urea groups is 1. The Kier molecular flexibility index (Phi) is 7.01. The van der Waals surface area contributed by atoms with Crippen molar-refractivity contribution in [3.8, 4) is 17.0 Å². The summed E-state index contributed by atoms with van der Waals surface area (Å²) in [5, 5.41) is 8.66. The van der Waals surface area contributed by atoms with Gasteiger partial charge >= 0.3 is 6.03 Å². The maximum Gasteiger partial charge on any atom is 0.319 e. The van der Waals surface area contributed by atoms with Crippen LogP contribution in [0.4, 0.5) is 27.8 Å².